The van der Waals surface area contributed by atoms with Crippen LogP contribution >= 0.6 is 11.3 Å². The molecule has 1 aromatic carbocycles. The number of hydrogen-bond acceptors (Lipinski definition) is 8. The summed E-state index contributed by atoms with van der Waals surface area (Å²) in [5.74, 6) is 0.921. The molecule has 0 aliphatic heterocycles. The zero-order chi connectivity index (χ0) is 15.9. The molecule has 0 bridgehead atoms. The lowest BCUT2D eigenvalue weighted by Crippen LogP contribution is -2.04. The fraction of sp³-hybridized carbons (Fsp3) is 0.214. The van der Waals surface area contributed by atoms with Gasteiger partial charge in [0.2, 0.25) is 5.13 Å². The quantitative estimate of drug-likeness (QED) is 0.367. The third kappa shape index (κ3) is 4.45. The smallest absolute Gasteiger partial charge is 0.308 e. The van der Waals surface area contributed by atoms with Crippen molar-refractivity contribution in [1.29, 1.82) is 0 Å². The molecule has 0 amide bonds. The van der Waals surface area contributed by atoms with Gasteiger partial charge in [0.25, 0.3) is 0 Å². The first-order valence-corrected chi connectivity index (χ1v) is 7.41. The van der Waals surface area contributed by atoms with Gasteiger partial charge in [-0.25, -0.2) is 4.98 Å². The van der Waals surface area contributed by atoms with E-state index in [0.29, 0.717) is 29.1 Å². The van der Waals surface area contributed by atoms with E-state index in [2.05, 4.69) is 15.5 Å². The van der Waals surface area contributed by atoms with Gasteiger partial charge in [0, 0.05) is 12.3 Å². The first-order valence-electron chi connectivity index (χ1n) is 6.54. The maximum absolute atomic E-state index is 11.1. The molecule has 0 aliphatic carbocycles. The van der Waals surface area contributed by atoms with Crippen LogP contribution in [-0.2, 0) is 4.79 Å². The maximum atomic E-state index is 11.1. The van der Waals surface area contributed by atoms with Crippen LogP contribution < -0.4 is 20.6 Å². The minimum atomic E-state index is -0.398. The molecule has 116 valence electrons. The number of carbonyl (C=O) groups is 1. The number of esters is 1. The number of benzene rings is 1. The number of nitrogens with two attached hydrogens (primary N) is 1. The lowest BCUT2D eigenvalue weighted by molar-refractivity contribution is -0.132. The molecule has 0 saturated heterocycles. The molecule has 1 heterocycles. The maximum Gasteiger partial charge on any atom is 0.308 e. The van der Waals surface area contributed by atoms with E-state index in [4.69, 9.17) is 15.2 Å². The second kappa shape index (κ2) is 7.41. The Morgan fingerprint density at radius 2 is 2.32 bits per heavy atom. The van der Waals surface area contributed by atoms with Crippen molar-refractivity contribution < 1.29 is 14.3 Å². The number of ether oxygens (including phenoxy) is 2. The van der Waals surface area contributed by atoms with E-state index in [1.807, 2.05) is 6.92 Å². The van der Waals surface area contributed by atoms with Crippen molar-refractivity contribution in [3.05, 3.63) is 29.1 Å². The van der Waals surface area contributed by atoms with Gasteiger partial charge in [-0.2, -0.15) is 5.10 Å². The average Bonchev–Trinajstić information content (AvgIpc) is 2.87. The van der Waals surface area contributed by atoms with E-state index in [1.165, 1.54) is 18.3 Å². The summed E-state index contributed by atoms with van der Waals surface area (Å²) in [6, 6.07) is 5.17. The lowest BCUT2D eigenvalue weighted by atomic mass is 10.2. The third-order valence-corrected chi connectivity index (χ3v) is 3.18. The number of hydrogen-bond donors (Lipinski definition) is 2. The fourth-order valence-corrected chi connectivity index (χ4v) is 2.16. The van der Waals surface area contributed by atoms with Crippen molar-refractivity contribution >= 4 is 34.5 Å². The van der Waals surface area contributed by atoms with Crippen molar-refractivity contribution in [1.82, 2.24) is 4.98 Å². The molecule has 2 aromatic rings. The second-order valence-electron chi connectivity index (χ2n) is 4.18. The van der Waals surface area contributed by atoms with Gasteiger partial charge in [0.1, 0.15) is 5.82 Å². The van der Waals surface area contributed by atoms with Crippen molar-refractivity contribution in [2.24, 2.45) is 5.10 Å². The summed E-state index contributed by atoms with van der Waals surface area (Å²) in [5, 5.41) is 6.40. The van der Waals surface area contributed by atoms with Gasteiger partial charge in [-0.05, 0) is 30.7 Å². The highest BCUT2D eigenvalue weighted by Gasteiger charge is 2.08. The van der Waals surface area contributed by atoms with E-state index < -0.39 is 5.97 Å². The molecule has 0 radical (unpaired) electrons. The van der Waals surface area contributed by atoms with Gasteiger partial charge < -0.3 is 15.2 Å². The van der Waals surface area contributed by atoms with Gasteiger partial charge in [-0.3, -0.25) is 10.2 Å². The first kappa shape index (κ1) is 15.8. The van der Waals surface area contributed by atoms with E-state index in [1.54, 1.807) is 29.8 Å². The molecule has 7 nitrogen and oxygen atoms in total. The zero-order valence-corrected chi connectivity index (χ0v) is 13.0. The summed E-state index contributed by atoms with van der Waals surface area (Å²) in [6.07, 6.45) is 1.61. The number of nitrogen functional groups attached to an aromatic ring is 1. The molecule has 0 fully saturated rings. The standard InChI is InChI=1S/C14H16N4O3S/c1-3-20-12-6-10(4-5-11(12)21-9(2)19)7-16-18-14-17-13(15)8-22-14/h4-8H,3,15H2,1-2H3,(H,17,18). The molecule has 0 spiro atoms. The molecule has 0 unspecified atom stereocenters. The van der Waals surface area contributed by atoms with Crippen LogP contribution in [-0.4, -0.2) is 23.8 Å². The number of hydrazone groups is 1. The Kier molecular flexibility index (Phi) is 5.31. The molecule has 3 N–H and O–H groups in total. The highest BCUT2D eigenvalue weighted by atomic mass is 32.1. The predicted octanol–water partition coefficient (Wildman–Crippen LogP) is 2.50. The highest BCUT2D eigenvalue weighted by molar-refractivity contribution is 7.14. The van der Waals surface area contributed by atoms with Crippen LogP contribution in [0.2, 0.25) is 0 Å². The van der Waals surface area contributed by atoms with Gasteiger partial charge in [0.05, 0.1) is 12.8 Å². The van der Waals surface area contributed by atoms with Crippen LogP contribution in [0.15, 0.2) is 28.7 Å². The first-order chi connectivity index (χ1) is 10.6. The fourth-order valence-electron chi connectivity index (χ4n) is 1.61. The number of nitrogens with zero attached hydrogens (tertiary/aromatic N) is 2. The average molecular weight is 320 g/mol. The van der Waals surface area contributed by atoms with Crippen molar-refractivity contribution in [3.8, 4) is 11.5 Å². The van der Waals surface area contributed by atoms with Crippen LogP contribution in [0.4, 0.5) is 10.9 Å². The van der Waals surface area contributed by atoms with Crippen LogP contribution in [0.1, 0.15) is 19.4 Å². The SMILES string of the molecule is CCOc1cc(C=NNc2nc(N)cs2)ccc1OC(C)=O. The van der Waals surface area contributed by atoms with Crippen LogP contribution in [0, 0.1) is 0 Å². The molecule has 8 heteroatoms. The summed E-state index contributed by atoms with van der Waals surface area (Å²) in [5.41, 5.74) is 9.09. The number of carbonyl (C=O) groups excluding carboxylic acids is 1. The van der Waals surface area contributed by atoms with E-state index in [9.17, 15) is 4.79 Å². The lowest BCUT2D eigenvalue weighted by Gasteiger charge is -2.10. The number of anilines is 2. The van der Waals surface area contributed by atoms with Crippen molar-refractivity contribution in [3.63, 3.8) is 0 Å². The predicted molar refractivity (Wildman–Crippen MR) is 86.7 cm³/mol. The Morgan fingerprint density at radius 1 is 1.50 bits per heavy atom. The largest absolute Gasteiger partial charge is 0.490 e. The van der Waals surface area contributed by atoms with Crippen molar-refractivity contribution in [2.75, 3.05) is 17.8 Å². The molecule has 0 saturated carbocycles. The van der Waals surface area contributed by atoms with E-state index in [-0.39, 0.29) is 0 Å². The molecule has 2 rings (SSSR count). The number of aromatic nitrogens is 1. The molecule has 1 aromatic heterocycles. The molecule has 22 heavy (non-hydrogen) atoms. The highest BCUT2D eigenvalue weighted by Crippen LogP contribution is 2.28. The molecule has 0 aliphatic rings. The van der Waals surface area contributed by atoms with Crippen LogP contribution in [0.3, 0.4) is 0 Å². The summed E-state index contributed by atoms with van der Waals surface area (Å²) in [7, 11) is 0. The summed E-state index contributed by atoms with van der Waals surface area (Å²) < 4.78 is 10.5. The monoisotopic (exact) mass is 320 g/mol. The number of thiazole rings is 1. The molecule has 0 atom stereocenters. The van der Waals surface area contributed by atoms with E-state index >= 15 is 0 Å². The minimum Gasteiger partial charge on any atom is -0.490 e. The topological polar surface area (TPSA) is 98.8 Å². The number of nitrogens with one attached hydrogen (secondary N) is 1. The van der Waals surface area contributed by atoms with Gasteiger partial charge in [-0.1, -0.05) is 0 Å². The second-order valence-corrected chi connectivity index (χ2v) is 5.04. The van der Waals surface area contributed by atoms with Gasteiger partial charge in [0.15, 0.2) is 11.5 Å². The Bertz CT molecular complexity index is 684. The summed E-state index contributed by atoms with van der Waals surface area (Å²) >= 11 is 1.36. The zero-order valence-electron chi connectivity index (χ0n) is 12.2. The Labute approximate surface area is 131 Å². The third-order valence-electron chi connectivity index (χ3n) is 2.42. The van der Waals surface area contributed by atoms with Crippen molar-refractivity contribution in [2.45, 2.75) is 13.8 Å². The van der Waals surface area contributed by atoms with Gasteiger partial charge in [-0.15, -0.1) is 11.3 Å². The molecular weight excluding hydrogens is 304 g/mol. The molecular formula is C14H16N4O3S. The van der Waals surface area contributed by atoms with Crippen LogP contribution in [0.5, 0.6) is 11.5 Å². The minimum absolute atomic E-state index is 0.382. The Morgan fingerprint density at radius 3 is 2.95 bits per heavy atom. The number of rotatable bonds is 6. The normalized spacial score (nSPS) is 10.6. The van der Waals surface area contributed by atoms with Gasteiger partial charge >= 0.3 is 5.97 Å². The van der Waals surface area contributed by atoms with E-state index in [0.717, 1.165) is 5.56 Å². The Balaban J connectivity index is 2.10. The summed E-state index contributed by atoms with van der Waals surface area (Å²) in [4.78, 5) is 15.1. The Hall–Kier alpha value is -2.61. The van der Waals surface area contributed by atoms with Crippen LogP contribution in [0.25, 0.3) is 0 Å². The summed E-state index contributed by atoms with van der Waals surface area (Å²) in [6.45, 7) is 3.66.